The zero-order chi connectivity index (χ0) is 12.8. The van der Waals surface area contributed by atoms with Crippen molar-refractivity contribution in [2.75, 3.05) is 0 Å². The van der Waals surface area contributed by atoms with Crippen LogP contribution in [0.15, 0.2) is 18.2 Å². The zero-order valence-electron chi connectivity index (χ0n) is 10.2. The second kappa shape index (κ2) is 3.78. The van der Waals surface area contributed by atoms with Crippen LogP contribution in [-0.4, -0.2) is 5.92 Å². The van der Waals surface area contributed by atoms with Gasteiger partial charge >= 0.3 is 0 Å². The molecule has 0 radical (unpaired) electrons. The standard InChI is InChI=1S/C15H15F2N/c16-15(17)5-3-11-1-2-13(9-12(11)4-6-15)14(10-18)7-8-14/h1-2,9H,3-8H2. The second-order valence-electron chi connectivity index (χ2n) is 5.53. The van der Waals surface area contributed by atoms with Gasteiger partial charge in [0.15, 0.2) is 0 Å². The third kappa shape index (κ3) is 1.90. The monoisotopic (exact) mass is 247 g/mol. The van der Waals surface area contributed by atoms with E-state index in [9.17, 15) is 14.0 Å². The number of rotatable bonds is 1. The van der Waals surface area contributed by atoms with E-state index >= 15 is 0 Å². The number of alkyl halides is 2. The van der Waals surface area contributed by atoms with Crippen molar-refractivity contribution in [1.82, 2.24) is 0 Å². The molecule has 0 aliphatic heterocycles. The lowest BCUT2D eigenvalue weighted by Crippen LogP contribution is -2.15. The smallest absolute Gasteiger partial charge is 0.207 e. The van der Waals surface area contributed by atoms with Gasteiger partial charge in [-0.2, -0.15) is 5.26 Å². The van der Waals surface area contributed by atoms with Crippen LogP contribution in [-0.2, 0) is 18.3 Å². The fourth-order valence-corrected chi connectivity index (χ4v) is 2.75. The highest BCUT2D eigenvalue weighted by Crippen LogP contribution is 2.48. The number of nitrogens with zero attached hydrogens (tertiary/aromatic N) is 1. The maximum atomic E-state index is 13.4. The summed E-state index contributed by atoms with van der Waals surface area (Å²) in [7, 11) is 0. The van der Waals surface area contributed by atoms with E-state index in [0.717, 1.165) is 29.5 Å². The zero-order valence-corrected chi connectivity index (χ0v) is 10.2. The molecule has 0 heterocycles. The molecule has 0 spiro atoms. The summed E-state index contributed by atoms with van der Waals surface area (Å²) in [4.78, 5) is 0. The first-order valence-corrected chi connectivity index (χ1v) is 6.46. The van der Waals surface area contributed by atoms with E-state index in [1.165, 1.54) is 0 Å². The highest BCUT2D eigenvalue weighted by atomic mass is 19.3. The number of aryl methyl sites for hydroxylation is 2. The Balaban J connectivity index is 1.93. The van der Waals surface area contributed by atoms with Gasteiger partial charge in [0.1, 0.15) is 0 Å². The predicted octanol–water partition coefficient (Wildman–Crippen LogP) is 3.76. The Morgan fingerprint density at radius 3 is 2.28 bits per heavy atom. The van der Waals surface area contributed by atoms with Crippen LogP contribution in [0.25, 0.3) is 0 Å². The van der Waals surface area contributed by atoms with Gasteiger partial charge in [-0.15, -0.1) is 0 Å². The number of fused-ring (bicyclic) bond motifs is 1. The van der Waals surface area contributed by atoms with Gasteiger partial charge in [-0.25, -0.2) is 8.78 Å². The molecule has 3 rings (SSSR count). The normalized spacial score (nSPS) is 23.6. The van der Waals surface area contributed by atoms with Crippen molar-refractivity contribution in [2.24, 2.45) is 0 Å². The molecule has 1 saturated carbocycles. The number of hydrogen-bond acceptors (Lipinski definition) is 1. The first-order chi connectivity index (χ1) is 8.55. The Bertz CT molecular complexity index is 524. The number of benzene rings is 1. The minimum atomic E-state index is -2.54. The molecule has 1 fully saturated rings. The molecule has 1 nitrogen and oxygen atoms in total. The average molecular weight is 247 g/mol. The van der Waals surface area contributed by atoms with Gasteiger partial charge in [0.2, 0.25) is 5.92 Å². The van der Waals surface area contributed by atoms with Crippen LogP contribution < -0.4 is 0 Å². The van der Waals surface area contributed by atoms with Crippen LogP contribution in [0, 0.1) is 11.3 Å². The Labute approximate surface area is 105 Å². The van der Waals surface area contributed by atoms with Gasteiger partial charge < -0.3 is 0 Å². The molecular formula is C15H15F2N. The quantitative estimate of drug-likeness (QED) is 0.693. The van der Waals surface area contributed by atoms with Crippen molar-refractivity contribution in [3.05, 3.63) is 34.9 Å². The maximum Gasteiger partial charge on any atom is 0.248 e. The summed E-state index contributed by atoms with van der Waals surface area (Å²) in [5, 5.41) is 9.18. The van der Waals surface area contributed by atoms with E-state index in [2.05, 4.69) is 6.07 Å². The van der Waals surface area contributed by atoms with E-state index < -0.39 is 5.92 Å². The SMILES string of the molecule is N#CC1(c2ccc3c(c2)CCC(F)(F)CC3)CC1. The van der Waals surface area contributed by atoms with Crippen molar-refractivity contribution in [1.29, 1.82) is 5.26 Å². The third-order valence-corrected chi connectivity index (χ3v) is 4.24. The van der Waals surface area contributed by atoms with Crippen molar-refractivity contribution >= 4 is 0 Å². The second-order valence-corrected chi connectivity index (χ2v) is 5.53. The lowest BCUT2D eigenvalue weighted by molar-refractivity contribution is -0.0130. The summed E-state index contributed by atoms with van der Waals surface area (Å²) in [6.07, 6.45) is 2.56. The molecule has 1 aromatic carbocycles. The summed E-state index contributed by atoms with van der Waals surface area (Å²) in [6.45, 7) is 0. The van der Waals surface area contributed by atoms with Crippen LogP contribution in [0.2, 0.25) is 0 Å². The van der Waals surface area contributed by atoms with E-state index in [4.69, 9.17) is 0 Å². The molecule has 18 heavy (non-hydrogen) atoms. The fraction of sp³-hybridized carbons (Fsp3) is 0.533. The van der Waals surface area contributed by atoms with Crippen LogP contribution in [0.1, 0.15) is 42.4 Å². The predicted molar refractivity (Wildman–Crippen MR) is 64.6 cm³/mol. The molecule has 0 aromatic heterocycles. The van der Waals surface area contributed by atoms with Gasteiger partial charge in [0, 0.05) is 12.8 Å². The number of hydrogen-bond donors (Lipinski definition) is 0. The van der Waals surface area contributed by atoms with Gasteiger partial charge in [-0.05, 0) is 42.4 Å². The Kier molecular flexibility index (Phi) is 2.45. The van der Waals surface area contributed by atoms with Crippen molar-refractivity contribution in [2.45, 2.75) is 49.9 Å². The first-order valence-electron chi connectivity index (χ1n) is 6.46. The number of nitriles is 1. The van der Waals surface area contributed by atoms with Gasteiger partial charge in [0.05, 0.1) is 11.5 Å². The van der Waals surface area contributed by atoms with Crippen molar-refractivity contribution in [3.8, 4) is 6.07 Å². The molecule has 3 heteroatoms. The van der Waals surface area contributed by atoms with Crippen LogP contribution in [0.5, 0.6) is 0 Å². The van der Waals surface area contributed by atoms with Gasteiger partial charge in [-0.1, -0.05) is 18.2 Å². The summed E-state index contributed by atoms with van der Waals surface area (Å²) in [5.74, 6) is -2.54. The van der Waals surface area contributed by atoms with Crippen LogP contribution in [0.4, 0.5) is 8.78 Å². The fourth-order valence-electron chi connectivity index (χ4n) is 2.75. The van der Waals surface area contributed by atoms with E-state index in [-0.39, 0.29) is 18.3 Å². The minimum Gasteiger partial charge on any atom is -0.207 e. The molecule has 0 amide bonds. The molecule has 0 atom stereocenters. The maximum absolute atomic E-state index is 13.4. The summed E-state index contributed by atoms with van der Waals surface area (Å²) in [6, 6.07) is 8.26. The Morgan fingerprint density at radius 1 is 1.00 bits per heavy atom. The first kappa shape index (κ1) is 11.6. The Hall–Kier alpha value is -1.43. The van der Waals surface area contributed by atoms with E-state index in [0.29, 0.717) is 12.8 Å². The molecule has 2 aliphatic rings. The van der Waals surface area contributed by atoms with Gasteiger partial charge in [-0.3, -0.25) is 0 Å². The molecule has 1 aromatic rings. The van der Waals surface area contributed by atoms with Crippen LogP contribution >= 0.6 is 0 Å². The topological polar surface area (TPSA) is 23.8 Å². The molecule has 0 unspecified atom stereocenters. The number of halogens is 2. The van der Waals surface area contributed by atoms with Crippen LogP contribution in [0.3, 0.4) is 0 Å². The third-order valence-electron chi connectivity index (χ3n) is 4.24. The molecule has 2 aliphatic carbocycles. The van der Waals surface area contributed by atoms with Gasteiger partial charge in [0.25, 0.3) is 0 Å². The highest BCUT2D eigenvalue weighted by Gasteiger charge is 2.45. The van der Waals surface area contributed by atoms with Crippen molar-refractivity contribution < 1.29 is 8.78 Å². The Morgan fingerprint density at radius 2 is 1.67 bits per heavy atom. The average Bonchev–Trinajstić information content (AvgIpc) is 3.15. The molecule has 94 valence electrons. The van der Waals surface area contributed by atoms with E-state index in [1.807, 2.05) is 18.2 Å². The largest absolute Gasteiger partial charge is 0.248 e. The minimum absolute atomic E-state index is 0.0528. The molecule has 0 N–H and O–H groups in total. The lowest BCUT2D eigenvalue weighted by atomic mass is 9.92. The molecule has 0 bridgehead atoms. The van der Waals surface area contributed by atoms with E-state index in [1.54, 1.807) is 0 Å². The summed E-state index contributed by atoms with van der Waals surface area (Å²) in [5.41, 5.74) is 2.76. The lowest BCUT2D eigenvalue weighted by Gasteiger charge is -2.11. The molecule has 0 saturated heterocycles. The van der Waals surface area contributed by atoms with Crippen molar-refractivity contribution in [3.63, 3.8) is 0 Å². The summed E-state index contributed by atoms with van der Waals surface area (Å²) >= 11 is 0. The highest BCUT2D eigenvalue weighted by molar-refractivity contribution is 5.44. The summed E-state index contributed by atoms with van der Waals surface area (Å²) < 4.78 is 26.8. The molecular weight excluding hydrogens is 232 g/mol.